The van der Waals surface area contributed by atoms with Gasteiger partial charge in [0.1, 0.15) is 12.1 Å². The van der Waals surface area contributed by atoms with Crippen molar-refractivity contribution in [3.8, 4) is 0 Å². The average Bonchev–Trinajstić information content (AvgIpc) is 3.24. The Morgan fingerprint density at radius 2 is 2.00 bits per heavy atom. The van der Waals surface area contributed by atoms with Gasteiger partial charge in [0.05, 0.1) is 11.6 Å². The van der Waals surface area contributed by atoms with E-state index in [4.69, 9.17) is 5.11 Å². The SMILES string of the molecule is O=C(O)C1CCN(c2cc(C3CC3)nc3ncnn23)CC1. The molecule has 1 aliphatic carbocycles. The Morgan fingerprint density at radius 3 is 2.67 bits per heavy atom. The Bertz CT molecular complexity index is 686. The minimum atomic E-state index is -0.686. The first kappa shape index (κ1) is 12.6. The Balaban J connectivity index is 1.66. The van der Waals surface area contributed by atoms with E-state index in [1.165, 1.54) is 19.2 Å². The van der Waals surface area contributed by atoms with Gasteiger partial charge in [-0.05, 0) is 25.7 Å². The van der Waals surface area contributed by atoms with Crippen LogP contribution in [-0.4, -0.2) is 43.7 Å². The number of fused-ring (bicyclic) bond motifs is 1. The van der Waals surface area contributed by atoms with Gasteiger partial charge >= 0.3 is 5.97 Å². The summed E-state index contributed by atoms with van der Waals surface area (Å²) in [4.78, 5) is 22.0. The van der Waals surface area contributed by atoms with Gasteiger partial charge in [-0.2, -0.15) is 14.6 Å². The van der Waals surface area contributed by atoms with Crippen LogP contribution >= 0.6 is 0 Å². The molecule has 1 saturated carbocycles. The van der Waals surface area contributed by atoms with Crippen LogP contribution in [0.25, 0.3) is 5.78 Å². The number of aliphatic carboxylic acids is 1. The zero-order valence-corrected chi connectivity index (χ0v) is 11.6. The smallest absolute Gasteiger partial charge is 0.306 e. The van der Waals surface area contributed by atoms with Crippen LogP contribution < -0.4 is 4.90 Å². The molecule has 4 rings (SSSR count). The summed E-state index contributed by atoms with van der Waals surface area (Å²) < 4.78 is 1.76. The molecule has 0 spiro atoms. The van der Waals surface area contributed by atoms with Crippen LogP contribution in [0.3, 0.4) is 0 Å². The molecule has 2 aromatic heterocycles. The monoisotopic (exact) mass is 287 g/mol. The lowest BCUT2D eigenvalue weighted by atomic mass is 9.97. The van der Waals surface area contributed by atoms with Crippen LogP contribution in [0.2, 0.25) is 0 Å². The Labute approximate surface area is 121 Å². The van der Waals surface area contributed by atoms with Gasteiger partial charge < -0.3 is 10.0 Å². The van der Waals surface area contributed by atoms with Crippen LogP contribution in [0.5, 0.6) is 0 Å². The van der Waals surface area contributed by atoms with Crippen LogP contribution in [0.1, 0.15) is 37.3 Å². The van der Waals surface area contributed by atoms with E-state index in [1.807, 2.05) is 0 Å². The van der Waals surface area contributed by atoms with Crippen LogP contribution in [0.4, 0.5) is 5.82 Å². The van der Waals surface area contributed by atoms with E-state index < -0.39 is 5.97 Å². The third-order valence-electron chi connectivity index (χ3n) is 4.42. The molecule has 7 nitrogen and oxygen atoms in total. The normalized spacial score (nSPS) is 20.1. The molecule has 2 aromatic rings. The largest absolute Gasteiger partial charge is 0.481 e. The van der Waals surface area contributed by atoms with Crippen LogP contribution in [-0.2, 0) is 4.79 Å². The molecule has 0 bridgehead atoms. The molecule has 2 fully saturated rings. The number of carboxylic acid groups (broad SMARTS) is 1. The summed E-state index contributed by atoms with van der Waals surface area (Å²) in [6.45, 7) is 1.47. The average molecular weight is 287 g/mol. The highest BCUT2D eigenvalue weighted by atomic mass is 16.4. The summed E-state index contributed by atoms with van der Waals surface area (Å²) in [6.07, 6.45) is 5.25. The second-order valence-corrected chi connectivity index (χ2v) is 5.88. The molecule has 0 atom stereocenters. The fourth-order valence-corrected chi connectivity index (χ4v) is 2.98. The molecule has 2 aliphatic rings. The summed E-state index contributed by atoms with van der Waals surface area (Å²) in [5.41, 5.74) is 1.09. The minimum absolute atomic E-state index is 0.225. The van der Waals surface area contributed by atoms with E-state index in [-0.39, 0.29) is 5.92 Å². The standard InChI is InChI=1S/C14H17N5O2/c20-13(21)10-3-5-18(6-4-10)12-7-11(9-1-2-9)17-14-15-8-16-19(12)14/h7-10H,1-6H2,(H,20,21). The van der Waals surface area contributed by atoms with Crippen molar-refractivity contribution in [3.63, 3.8) is 0 Å². The van der Waals surface area contributed by atoms with E-state index in [1.54, 1.807) is 4.52 Å². The van der Waals surface area contributed by atoms with Crippen LogP contribution in [0, 0.1) is 5.92 Å². The first-order chi connectivity index (χ1) is 10.2. The number of rotatable bonds is 3. The topological polar surface area (TPSA) is 83.6 Å². The number of carbonyl (C=O) groups is 1. The van der Waals surface area contributed by atoms with Crippen molar-refractivity contribution in [1.82, 2.24) is 19.6 Å². The number of anilines is 1. The van der Waals surface area contributed by atoms with Gasteiger partial charge in [0.15, 0.2) is 0 Å². The number of carboxylic acids is 1. The lowest BCUT2D eigenvalue weighted by Gasteiger charge is -2.31. The molecule has 7 heteroatoms. The summed E-state index contributed by atoms with van der Waals surface area (Å²) in [5.74, 6) is 1.27. The van der Waals surface area contributed by atoms with Crippen molar-refractivity contribution < 1.29 is 9.90 Å². The molecule has 1 saturated heterocycles. The number of piperidine rings is 1. The van der Waals surface area contributed by atoms with Crippen molar-refractivity contribution in [3.05, 3.63) is 18.1 Å². The number of hydrogen-bond acceptors (Lipinski definition) is 5. The number of nitrogens with zero attached hydrogens (tertiary/aromatic N) is 5. The van der Waals surface area contributed by atoms with Crippen molar-refractivity contribution >= 4 is 17.6 Å². The van der Waals surface area contributed by atoms with Crippen LogP contribution in [0.15, 0.2) is 12.4 Å². The molecule has 0 radical (unpaired) electrons. The van der Waals surface area contributed by atoms with E-state index in [9.17, 15) is 4.79 Å². The fourth-order valence-electron chi connectivity index (χ4n) is 2.98. The first-order valence-electron chi connectivity index (χ1n) is 7.41. The fraction of sp³-hybridized carbons (Fsp3) is 0.571. The molecule has 0 unspecified atom stereocenters. The quantitative estimate of drug-likeness (QED) is 0.916. The maximum Gasteiger partial charge on any atom is 0.306 e. The third kappa shape index (κ3) is 2.22. The molecule has 3 heterocycles. The second-order valence-electron chi connectivity index (χ2n) is 5.88. The Morgan fingerprint density at radius 1 is 1.24 bits per heavy atom. The highest BCUT2D eigenvalue weighted by molar-refractivity contribution is 5.70. The molecule has 0 aromatic carbocycles. The van der Waals surface area contributed by atoms with E-state index >= 15 is 0 Å². The van der Waals surface area contributed by atoms with Crippen molar-refractivity contribution in [2.24, 2.45) is 5.92 Å². The molecule has 1 N–H and O–H groups in total. The van der Waals surface area contributed by atoms with Gasteiger partial charge in [-0.1, -0.05) is 0 Å². The lowest BCUT2D eigenvalue weighted by molar-refractivity contribution is -0.142. The first-order valence-corrected chi connectivity index (χ1v) is 7.41. The van der Waals surface area contributed by atoms with Gasteiger partial charge in [-0.3, -0.25) is 4.79 Å². The van der Waals surface area contributed by atoms with Gasteiger partial charge in [0.2, 0.25) is 0 Å². The van der Waals surface area contributed by atoms with E-state index in [0.29, 0.717) is 24.5 Å². The van der Waals surface area contributed by atoms with Gasteiger partial charge in [0.25, 0.3) is 5.78 Å². The molecule has 21 heavy (non-hydrogen) atoms. The number of hydrogen-bond donors (Lipinski definition) is 1. The van der Waals surface area contributed by atoms with E-state index in [2.05, 4.69) is 26.0 Å². The molecule has 110 valence electrons. The predicted molar refractivity (Wildman–Crippen MR) is 75.3 cm³/mol. The van der Waals surface area contributed by atoms with Crippen molar-refractivity contribution in [2.45, 2.75) is 31.6 Å². The summed E-state index contributed by atoms with van der Waals surface area (Å²) in [6, 6.07) is 2.10. The summed E-state index contributed by atoms with van der Waals surface area (Å²) in [7, 11) is 0. The zero-order chi connectivity index (χ0) is 14.4. The zero-order valence-electron chi connectivity index (χ0n) is 11.6. The Kier molecular flexibility index (Phi) is 2.80. The van der Waals surface area contributed by atoms with E-state index in [0.717, 1.165) is 24.6 Å². The highest BCUT2D eigenvalue weighted by Gasteiger charge is 2.29. The molecular weight excluding hydrogens is 270 g/mol. The molecule has 0 amide bonds. The summed E-state index contributed by atoms with van der Waals surface area (Å²) >= 11 is 0. The molecule has 1 aliphatic heterocycles. The molecular formula is C14H17N5O2. The predicted octanol–water partition coefficient (Wildman–Crippen LogP) is 1.30. The Hall–Kier alpha value is -2.18. The number of aromatic nitrogens is 4. The second kappa shape index (κ2) is 4.68. The van der Waals surface area contributed by atoms with Crippen molar-refractivity contribution in [2.75, 3.05) is 18.0 Å². The highest BCUT2D eigenvalue weighted by Crippen LogP contribution is 2.40. The lowest BCUT2D eigenvalue weighted by Crippen LogP contribution is -2.37. The van der Waals surface area contributed by atoms with Gasteiger partial charge in [0, 0.05) is 25.1 Å². The van der Waals surface area contributed by atoms with Gasteiger partial charge in [-0.15, -0.1) is 0 Å². The van der Waals surface area contributed by atoms with Gasteiger partial charge in [-0.25, -0.2) is 4.98 Å². The maximum atomic E-state index is 11.1. The summed E-state index contributed by atoms with van der Waals surface area (Å²) in [5, 5.41) is 13.4. The maximum absolute atomic E-state index is 11.1. The van der Waals surface area contributed by atoms with Crippen molar-refractivity contribution in [1.29, 1.82) is 0 Å². The third-order valence-corrected chi connectivity index (χ3v) is 4.42. The minimum Gasteiger partial charge on any atom is -0.481 e.